The Labute approximate surface area is 150 Å². The minimum absolute atomic E-state index is 0.235. The summed E-state index contributed by atoms with van der Waals surface area (Å²) >= 11 is 6.14. The summed E-state index contributed by atoms with van der Waals surface area (Å²) < 4.78 is 4.69. The number of carbonyl (C=O) groups is 2. The van der Waals surface area contributed by atoms with E-state index in [0.29, 0.717) is 34.6 Å². The average molecular weight is 363 g/mol. The maximum absolute atomic E-state index is 12.1. The van der Waals surface area contributed by atoms with Crippen molar-refractivity contribution in [2.75, 3.05) is 19.0 Å². The lowest BCUT2D eigenvalue weighted by molar-refractivity contribution is 0.0600. The molecule has 0 unspecified atom stereocenters. The predicted octanol–water partition coefficient (Wildman–Crippen LogP) is 3.05. The minimum Gasteiger partial charge on any atom is -0.465 e. The smallest absolute Gasteiger partial charge is 0.337 e. The number of ether oxygens (including phenoxy) is 1. The quantitative estimate of drug-likeness (QED) is 0.767. The molecule has 0 aliphatic heterocycles. The van der Waals surface area contributed by atoms with E-state index in [9.17, 15) is 9.59 Å². The van der Waals surface area contributed by atoms with Crippen LogP contribution in [0.25, 0.3) is 0 Å². The number of carbonyl (C=O) groups excluding carboxylic acids is 2. The molecule has 1 amide bonds. The number of benzene rings is 1. The van der Waals surface area contributed by atoms with Crippen LogP contribution in [0.1, 0.15) is 34.7 Å². The number of nitrogens with one attached hydrogen (secondary N) is 2. The van der Waals surface area contributed by atoms with Crippen LogP contribution in [0.2, 0.25) is 5.02 Å². The van der Waals surface area contributed by atoms with E-state index >= 15 is 0 Å². The molecule has 0 spiro atoms. The second-order valence-corrected chi connectivity index (χ2v) is 6.11. The number of esters is 1. The van der Waals surface area contributed by atoms with Crippen molar-refractivity contribution in [1.82, 2.24) is 15.3 Å². The third kappa shape index (κ3) is 5.15. The number of anilines is 2. The second-order valence-electron chi connectivity index (χ2n) is 5.70. The van der Waals surface area contributed by atoms with Gasteiger partial charge < -0.3 is 15.4 Å². The fourth-order valence-corrected chi connectivity index (χ4v) is 2.11. The van der Waals surface area contributed by atoms with Crippen molar-refractivity contribution in [3.8, 4) is 0 Å². The van der Waals surface area contributed by atoms with Crippen LogP contribution in [0.15, 0.2) is 30.6 Å². The maximum atomic E-state index is 12.1. The molecule has 1 heterocycles. The first-order valence-electron chi connectivity index (χ1n) is 7.66. The highest BCUT2D eigenvalue weighted by Crippen LogP contribution is 2.26. The van der Waals surface area contributed by atoms with Crippen LogP contribution in [-0.4, -0.2) is 35.5 Å². The Kier molecular flexibility index (Phi) is 6.30. The summed E-state index contributed by atoms with van der Waals surface area (Å²) in [6.45, 7) is 4.56. The molecule has 7 nitrogen and oxygen atoms in total. The number of nitrogens with zero attached hydrogens (tertiary/aromatic N) is 2. The molecule has 0 radical (unpaired) electrons. The molecule has 2 aromatic rings. The molecule has 2 rings (SSSR count). The Morgan fingerprint density at radius 3 is 2.68 bits per heavy atom. The van der Waals surface area contributed by atoms with Crippen molar-refractivity contribution in [3.05, 3.63) is 46.9 Å². The predicted molar refractivity (Wildman–Crippen MR) is 95.3 cm³/mol. The van der Waals surface area contributed by atoms with Gasteiger partial charge in [0.1, 0.15) is 17.8 Å². The van der Waals surface area contributed by atoms with Gasteiger partial charge in [0.15, 0.2) is 0 Å². The summed E-state index contributed by atoms with van der Waals surface area (Å²) in [5.41, 5.74) is 1.05. The normalized spacial score (nSPS) is 10.4. The molecule has 1 aromatic heterocycles. The fraction of sp³-hybridized carbons (Fsp3) is 0.294. The molecule has 0 saturated carbocycles. The van der Waals surface area contributed by atoms with Gasteiger partial charge >= 0.3 is 5.97 Å². The van der Waals surface area contributed by atoms with Crippen molar-refractivity contribution in [3.63, 3.8) is 0 Å². The van der Waals surface area contributed by atoms with Crippen LogP contribution in [0.3, 0.4) is 0 Å². The number of methoxy groups -OCH3 is 1. The zero-order valence-electron chi connectivity index (χ0n) is 14.2. The highest BCUT2D eigenvalue weighted by atomic mass is 35.5. The van der Waals surface area contributed by atoms with Crippen LogP contribution in [0.4, 0.5) is 11.5 Å². The molecule has 0 aliphatic rings. The summed E-state index contributed by atoms with van der Waals surface area (Å²) in [5.74, 6) is -0.0402. The molecule has 2 N–H and O–H groups in total. The van der Waals surface area contributed by atoms with Gasteiger partial charge in [-0.15, -0.1) is 0 Å². The van der Waals surface area contributed by atoms with Gasteiger partial charge in [-0.25, -0.2) is 14.8 Å². The molecule has 1 aromatic carbocycles. The number of hydrogen-bond acceptors (Lipinski definition) is 6. The average Bonchev–Trinajstić information content (AvgIpc) is 2.61. The van der Waals surface area contributed by atoms with Crippen molar-refractivity contribution in [1.29, 1.82) is 0 Å². The number of amides is 1. The van der Waals surface area contributed by atoms with Crippen LogP contribution in [0, 0.1) is 5.92 Å². The van der Waals surface area contributed by atoms with Crippen molar-refractivity contribution in [2.45, 2.75) is 13.8 Å². The number of rotatable bonds is 6. The van der Waals surface area contributed by atoms with Gasteiger partial charge in [0, 0.05) is 12.6 Å². The Hall–Kier alpha value is -2.67. The van der Waals surface area contributed by atoms with Crippen molar-refractivity contribution < 1.29 is 14.3 Å². The van der Waals surface area contributed by atoms with E-state index in [1.54, 1.807) is 18.2 Å². The molecular weight excluding hydrogens is 344 g/mol. The maximum Gasteiger partial charge on any atom is 0.337 e. The molecule has 0 bridgehead atoms. The molecule has 0 atom stereocenters. The summed E-state index contributed by atoms with van der Waals surface area (Å²) in [6.07, 6.45) is 1.28. The molecule has 0 aliphatic carbocycles. The van der Waals surface area contributed by atoms with Gasteiger partial charge in [-0.1, -0.05) is 25.4 Å². The van der Waals surface area contributed by atoms with E-state index in [2.05, 4.69) is 25.3 Å². The van der Waals surface area contributed by atoms with Crippen molar-refractivity contribution in [2.24, 2.45) is 5.92 Å². The Morgan fingerprint density at radius 1 is 1.24 bits per heavy atom. The van der Waals surface area contributed by atoms with Gasteiger partial charge in [-0.2, -0.15) is 0 Å². The lowest BCUT2D eigenvalue weighted by Gasteiger charge is -2.11. The first kappa shape index (κ1) is 18.7. The van der Waals surface area contributed by atoms with E-state index < -0.39 is 5.97 Å². The Morgan fingerprint density at radius 2 is 2.00 bits per heavy atom. The molecular formula is C17H19ClN4O3. The topological polar surface area (TPSA) is 93.2 Å². The molecule has 25 heavy (non-hydrogen) atoms. The monoisotopic (exact) mass is 362 g/mol. The van der Waals surface area contributed by atoms with Crippen LogP contribution in [0.5, 0.6) is 0 Å². The van der Waals surface area contributed by atoms with Crippen LogP contribution < -0.4 is 10.6 Å². The first-order chi connectivity index (χ1) is 11.9. The van der Waals surface area contributed by atoms with E-state index in [-0.39, 0.29) is 11.6 Å². The third-order valence-corrected chi connectivity index (χ3v) is 3.55. The van der Waals surface area contributed by atoms with Crippen LogP contribution >= 0.6 is 11.6 Å². The number of hydrogen-bond donors (Lipinski definition) is 2. The molecule has 0 fully saturated rings. The van der Waals surface area contributed by atoms with E-state index in [4.69, 9.17) is 11.6 Å². The third-order valence-electron chi connectivity index (χ3n) is 3.22. The molecule has 8 heteroatoms. The van der Waals surface area contributed by atoms with Gasteiger partial charge in [0.25, 0.3) is 5.91 Å². The zero-order valence-corrected chi connectivity index (χ0v) is 14.9. The zero-order chi connectivity index (χ0) is 18.4. The highest BCUT2D eigenvalue weighted by molar-refractivity contribution is 6.33. The lowest BCUT2D eigenvalue weighted by atomic mass is 10.2. The van der Waals surface area contributed by atoms with Crippen molar-refractivity contribution >= 4 is 35.0 Å². The largest absolute Gasteiger partial charge is 0.465 e. The van der Waals surface area contributed by atoms with Crippen LogP contribution in [-0.2, 0) is 4.74 Å². The summed E-state index contributed by atoms with van der Waals surface area (Å²) in [6, 6.07) is 6.20. The van der Waals surface area contributed by atoms with Gasteiger partial charge in [0.2, 0.25) is 0 Å². The fourth-order valence-electron chi connectivity index (χ4n) is 1.94. The summed E-state index contributed by atoms with van der Waals surface area (Å²) in [7, 11) is 1.30. The SMILES string of the molecule is COC(=O)c1ccc(Cl)c(Nc2cc(C(=O)NCC(C)C)ncn2)c1. The summed E-state index contributed by atoms with van der Waals surface area (Å²) in [4.78, 5) is 31.8. The minimum atomic E-state index is -0.476. The Bertz CT molecular complexity index is 780. The van der Waals surface area contributed by atoms with Gasteiger partial charge in [-0.05, 0) is 24.1 Å². The Balaban J connectivity index is 2.19. The molecule has 0 saturated heterocycles. The number of halogens is 1. The van der Waals surface area contributed by atoms with Gasteiger partial charge in [0.05, 0.1) is 23.4 Å². The van der Waals surface area contributed by atoms with E-state index in [0.717, 1.165) is 0 Å². The lowest BCUT2D eigenvalue weighted by Crippen LogP contribution is -2.28. The van der Waals surface area contributed by atoms with E-state index in [1.165, 1.54) is 19.5 Å². The summed E-state index contributed by atoms with van der Waals surface area (Å²) in [5, 5.41) is 6.17. The number of aromatic nitrogens is 2. The standard InChI is InChI=1S/C17H19ClN4O3/c1-10(2)8-19-16(23)14-7-15(21-9-20-14)22-13-6-11(17(24)25-3)4-5-12(13)18/h4-7,9-10H,8H2,1-3H3,(H,19,23)(H,20,21,22). The van der Waals surface area contributed by atoms with Gasteiger partial charge in [-0.3, -0.25) is 4.79 Å². The first-order valence-corrected chi connectivity index (χ1v) is 8.03. The molecule has 132 valence electrons. The van der Waals surface area contributed by atoms with E-state index in [1.807, 2.05) is 13.8 Å². The highest BCUT2D eigenvalue weighted by Gasteiger charge is 2.12. The second kappa shape index (κ2) is 8.43.